The summed E-state index contributed by atoms with van der Waals surface area (Å²) in [7, 11) is 0. The van der Waals surface area contributed by atoms with Crippen LogP contribution in [-0.4, -0.2) is 47.9 Å². The summed E-state index contributed by atoms with van der Waals surface area (Å²) in [6, 6.07) is 6.87. The predicted octanol–water partition coefficient (Wildman–Crippen LogP) is 3.32. The van der Waals surface area contributed by atoms with Crippen molar-refractivity contribution < 1.29 is 9.59 Å². The third kappa shape index (κ3) is 4.64. The molecule has 2 rings (SSSR count). The molecule has 3 amide bonds. The van der Waals surface area contributed by atoms with Crippen LogP contribution in [0.5, 0.6) is 0 Å². The van der Waals surface area contributed by atoms with Crippen molar-refractivity contribution in [3.8, 4) is 6.07 Å². The van der Waals surface area contributed by atoms with Crippen LogP contribution in [0.25, 0.3) is 0 Å². The number of nitriles is 1. The van der Waals surface area contributed by atoms with Crippen molar-refractivity contribution in [2.45, 2.75) is 26.7 Å². The van der Waals surface area contributed by atoms with Gasteiger partial charge >= 0.3 is 6.03 Å². The lowest BCUT2D eigenvalue weighted by atomic mass is 9.96. The van der Waals surface area contributed by atoms with Gasteiger partial charge in [0.2, 0.25) is 5.91 Å². The fourth-order valence-corrected chi connectivity index (χ4v) is 3.18. The number of nitrogens with zero attached hydrogens (tertiary/aromatic N) is 3. The van der Waals surface area contributed by atoms with E-state index in [4.69, 9.17) is 16.9 Å². The molecule has 0 saturated carbocycles. The van der Waals surface area contributed by atoms with Crippen molar-refractivity contribution in [2.75, 3.05) is 31.5 Å². The van der Waals surface area contributed by atoms with Gasteiger partial charge in [-0.15, -0.1) is 0 Å². The highest BCUT2D eigenvalue weighted by Gasteiger charge is 2.28. The molecular weight excluding hydrogens is 340 g/mol. The Morgan fingerprint density at radius 2 is 1.96 bits per heavy atom. The maximum absolute atomic E-state index is 12.4. The van der Waals surface area contributed by atoms with Gasteiger partial charge in [-0.25, -0.2) is 4.79 Å². The number of carbonyl (C=O) groups is 2. The molecule has 134 valence electrons. The number of urea groups is 1. The first-order valence-corrected chi connectivity index (χ1v) is 8.92. The maximum atomic E-state index is 12.4. The quantitative estimate of drug-likeness (QED) is 0.892. The number of benzene rings is 1. The van der Waals surface area contributed by atoms with Crippen molar-refractivity contribution in [2.24, 2.45) is 5.92 Å². The average molecular weight is 363 g/mol. The first kappa shape index (κ1) is 19.1. The summed E-state index contributed by atoms with van der Waals surface area (Å²) in [5, 5.41) is 12.0. The molecule has 1 aliphatic heterocycles. The highest BCUT2D eigenvalue weighted by atomic mass is 35.5. The summed E-state index contributed by atoms with van der Waals surface area (Å²) >= 11 is 5.99. The van der Waals surface area contributed by atoms with Crippen LogP contribution in [0.1, 0.15) is 32.3 Å². The highest BCUT2D eigenvalue weighted by Crippen LogP contribution is 2.23. The molecule has 0 atom stereocenters. The molecule has 0 aliphatic carbocycles. The Balaban J connectivity index is 1.90. The molecule has 1 saturated heterocycles. The number of rotatable bonds is 4. The Morgan fingerprint density at radius 1 is 1.32 bits per heavy atom. The van der Waals surface area contributed by atoms with E-state index >= 15 is 0 Å². The molecule has 1 aromatic carbocycles. The summed E-state index contributed by atoms with van der Waals surface area (Å²) in [6.07, 6.45) is 1.28. The minimum absolute atomic E-state index is 0.0442. The minimum atomic E-state index is -0.129. The number of hydrogen-bond acceptors (Lipinski definition) is 3. The van der Waals surface area contributed by atoms with Crippen LogP contribution in [0, 0.1) is 17.2 Å². The second kappa shape index (κ2) is 8.72. The van der Waals surface area contributed by atoms with Gasteiger partial charge in [-0.1, -0.05) is 11.6 Å². The SMILES string of the molecule is CCN(CC)C(=O)N1CCC(C(=O)Nc2ccc(C#N)c(Cl)c2)CC1. The van der Waals surface area contributed by atoms with E-state index in [0.717, 1.165) is 0 Å². The van der Waals surface area contributed by atoms with E-state index in [1.165, 1.54) is 0 Å². The molecule has 25 heavy (non-hydrogen) atoms. The van der Waals surface area contributed by atoms with E-state index in [2.05, 4.69) is 5.32 Å². The zero-order valence-electron chi connectivity index (χ0n) is 14.6. The van der Waals surface area contributed by atoms with Crippen LogP contribution >= 0.6 is 11.6 Å². The van der Waals surface area contributed by atoms with Crippen LogP contribution in [0.3, 0.4) is 0 Å². The van der Waals surface area contributed by atoms with E-state index in [9.17, 15) is 9.59 Å². The molecule has 7 heteroatoms. The largest absolute Gasteiger partial charge is 0.326 e. The molecule has 0 spiro atoms. The lowest BCUT2D eigenvalue weighted by molar-refractivity contribution is -0.121. The maximum Gasteiger partial charge on any atom is 0.319 e. The van der Waals surface area contributed by atoms with Gasteiger partial charge in [0.05, 0.1) is 10.6 Å². The number of piperidine rings is 1. The van der Waals surface area contributed by atoms with Crippen LogP contribution < -0.4 is 5.32 Å². The fourth-order valence-electron chi connectivity index (χ4n) is 2.95. The summed E-state index contributed by atoms with van der Waals surface area (Å²) < 4.78 is 0. The lowest BCUT2D eigenvalue weighted by Crippen LogP contribution is -2.47. The van der Waals surface area contributed by atoms with Crippen LogP contribution in [0.15, 0.2) is 18.2 Å². The Hall–Kier alpha value is -2.26. The standard InChI is InChI=1S/C18H23ClN4O2/c1-3-22(4-2)18(25)23-9-7-13(8-10-23)17(24)21-15-6-5-14(12-20)16(19)11-15/h5-6,11,13H,3-4,7-10H2,1-2H3,(H,21,24). The number of amides is 3. The fraction of sp³-hybridized carbons (Fsp3) is 0.500. The minimum Gasteiger partial charge on any atom is -0.326 e. The Morgan fingerprint density at radius 3 is 2.48 bits per heavy atom. The summed E-state index contributed by atoms with van der Waals surface area (Å²) in [5.74, 6) is -0.203. The van der Waals surface area contributed by atoms with Crippen molar-refractivity contribution in [3.05, 3.63) is 28.8 Å². The third-order valence-electron chi connectivity index (χ3n) is 4.53. The van der Waals surface area contributed by atoms with E-state index in [1.54, 1.807) is 23.1 Å². The molecule has 6 nitrogen and oxygen atoms in total. The van der Waals surface area contributed by atoms with Gasteiger partial charge in [0, 0.05) is 37.8 Å². The number of carbonyl (C=O) groups excluding carboxylic acids is 2. The van der Waals surface area contributed by atoms with Gasteiger partial charge in [-0.3, -0.25) is 4.79 Å². The molecule has 1 N–H and O–H groups in total. The van der Waals surface area contributed by atoms with Gasteiger partial charge in [0.25, 0.3) is 0 Å². The first-order chi connectivity index (χ1) is 12.0. The molecular formula is C18H23ClN4O2. The van der Waals surface area contributed by atoms with E-state index in [-0.39, 0.29) is 17.9 Å². The molecule has 0 unspecified atom stereocenters. The topological polar surface area (TPSA) is 76.4 Å². The first-order valence-electron chi connectivity index (χ1n) is 8.54. The zero-order valence-corrected chi connectivity index (χ0v) is 15.3. The summed E-state index contributed by atoms with van der Waals surface area (Å²) in [5.41, 5.74) is 0.957. The van der Waals surface area contributed by atoms with Gasteiger partial charge in [-0.05, 0) is 44.9 Å². The normalized spacial score (nSPS) is 14.7. The van der Waals surface area contributed by atoms with Crippen molar-refractivity contribution in [1.29, 1.82) is 5.26 Å². The lowest BCUT2D eigenvalue weighted by Gasteiger charge is -2.34. The van der Waals surface area contributed by atoms with Gasteiger partial charge < -0.3 is 15.1 Å². The third-order valence-corrected chi connectivity index (χ3v) is 4.84. The second-order valence-corrected chi connectivity index (χ2v) is 6.42. The Labute approximate surface area is 153 Å². The Bertz CT molecular complexity index is 674. The highest BCUT2D eigenvalue weighted by molar-refractivity contribution is 6.32. The predicted molar refractivity (Wildman–Crippen MR) is 97.4 cm³/mol. The summed E-state index contributed by atoms with van der Waals surface area (Å²) in [4.78, 5) is 28.4. The number of anilines is 1. The van der Waals surface area contributed by atoms with E-state index in [0.29, 0.717) is 55.3 Å². The molecule has 0 bridgehead atoms. The molecule has 0 aromatic heterocycles. The molecule has 1 fully saturated rings. The Kier molecular flexibility index (Phi) is 6.65. The number of halogens is 1. The van der Waals surface area contributed by atoms with Crippen LogP contribution in [0.2, 0.25) is 5.02 Å². The molecule has 0 radical (unpaired) electrons. The van der Waals surface area contributed by atoms with E-state index < -0.39 is 0 Å². The van der Waals surface area contributed by atoms with Crippen LogP contribution in [0.4, 0.5) is 10.5 Å². The van der Waals surface area contributed by atoms with Gasteiger partial charge in [0.15, 0.2) is 0 Å². The number of likely N-dealkylation sites (tertiary alicyclic amines) is 1. The average Bonchev–Trinajstić information content (AvgIpc) is 2.63. The molecule has 1 aliphatic rings. The molecule has 1 heterocycles. The van der Waals surface area contributed by atoms with Crippen molar-refractivity contribution >= 4 is 29.2 Å². The molecule has 1 aromatic rings. The number of nitrogens with one attached hydrogen (secondary N) is 1. The number of hydrogen-bond donors (Lipinski definition) is 1. The van der Waals surface area contributed by atoms with Crippen molar-refractivity contribution in [3.63, 3.8) is 0 Å². The van der Waals surface area contributed by atoms with Crippen molar-refractivity contribution in [1.82, 2.24) is 9.80 Å². The van der Waals surface area contributed by atoms with E-state index in [1.807, 2.05) is 24.8 Å². The zero-order chi connectivity index (χ0) is 18.4. The van der Waals surface area contributed by atoms with Gasteiger partial charge in [-0.2, -0.15) is 5.26 Å². The summed E-state index contributed by atoms with van der Waals surface area (Å²) in [6.45, 7) is 6.47. The smallest absolute Gasteiger partial charge is 0.319 e. The van der Waals surface area contributed by atoms with Gasteiger partial charge in [0.1, 0.15) is 6.07 Å². The monoisotopic (exact) mass is 362 g/mol. The van der Waals surface area contributed by atoms with Crippen LogP contribution in [-0.2, 0) is 4.79 Å². The second-order valence-electron chi connectivity index (χ2n) is 6.01.